The van der Waals surface area contributed by atoms with Crippen molar-refractivity contribution in [3.8, 4) is 0 Å². The number of hydrogen-bond acceptors (Lipinski definition) is 4. The normalized spacial score (nSPS) is 20.2. The molecule has 2 aliphatic rings. The van der Waals surface area contributed by atoms with E-state index in [1.54, 1.807) is 0 Å². The smallest absolute Gasteiger partial charge is 0.232 e. The van der Waals surface area contributed by atoms with Crippen molar-refractivity contribution in [2.45, 2.75) is 57.7 Å². The highest BCUT2D eigenvalue weighted by molar-refractivity contribution is 5.95. The van der Waals surface area contributed by atoms with Crippen LogP contribution in [0.15, 0.2) is 24.3 Å². The predicted octanol–water partition coefficient (Wildman–Crippen LogP) is 3.65. The molecule has 26 heavy (non-hydrogen) atoms. The fourth-order valence-electron chi connectivity index (χ4n) is 3.73. The average molecular weight is 383 g/mol. The summed E-state index contributed by atoms with van der Waals surface area (Å²) < 4.78 is 11.4. The SMILES string of the molecule is Cl.NCC1(C(=O)Nc2cccc(COC3CCCCC3)c2)CCOCC1. The summed E-state index contributed by atoms with van der Waals surface area (Å²) in [5.41, 5.74) is 7.32. The molecule has 1 aliphatic carbocycles. The van der Waals surface area contributed by atoms with E-state index in [4.69, 9.17) is 15.2 Å². The molecule has 0 unspecified atom stereocenters. The van der Waals surface area contributed by atoms with Gasteiger partial charge in [-0.25, -0.2) is 0 Å². The molecule has 0 spiro atoms. The molecule has 1 amide bonds. The minimum Gasteiger partial charge on any atom is -0.381 e. The van der Waals surface area contributed by atoms with Crippen molar-refractivity contribution in [2.75, 3.05) is 25.1 Å². The van der Waals surface area contributed by atoms with Gasteiger partial charge in [-0.15, -0.1) is 12.4 Å². The topological polar surface area (TPSA) is 73.6 Å². The first-order valence-electron chi connectivity index (χ1n) is 9.52. The fraction of sp³-hybridized carbons (Fsp3) is 0.650. The highest BCUT2D eigenvalue weighted by atomic mass is 35.5. The Morgan fingerprint density at radius 1 is 1.23 bits per heavy atom. The van der Waals surface area contributed by atoms with Gasteiger partial charge in [0.1, 0.15) is 0 Å². The number of benzene rings is 1. The van der Waals surface area contributed by atoms with Crippen LogP contribution in [-0.4, -0.2) is 31.8 Å². The van der Waals surface area contributed by atoms with Gasteiger partial charge in [-0.1, -0.05) is 31.4 Å². The standard InChI is InChI=1S/C20H30N2O3.ClH/c21-15-20(9-11-24-12-10-20)19(23)22-17-6-4-5-16(13-17)14-25-18-7-2-1-3-8-18;/h4-6,13,18H,1-3,7-12,14-15,21H2,(H,22,23);1H. The first-order valence-corrected chi connectivity index (χ1v) is 9.52. The Hall–Kier alpha value is -1.14. The molecule has 0 atom stereocenters. The molecular formula is C20H31ClN2O3. The van der Waals surface area contributed by atoms with Crippen LogP contribution in [0.1, 0.15) is 50.5 Å². The molecule has 3 N–H and O–H groups in total. The van der Waals surface area contributed by atoms with Gasteiger partial charge in [0, 0.05) is 25.4 Å². The molecule has 6 heteroatoms. The Bertz CT molecular complexity index is 570. The molecule has 1 saturated carbocycles. The molecule has 146 valence electrons. The molecule has 5 nitrogen and oxygen atoms in total. The van der Waals surface area contributed by atoms with E-state index in [-0.39, 0.29) is 18.3 Å². The van der Waals surface area contributed by atoms with Crippen LogP contribution < -0.4 is 11.1 Å². The molecule has 1 heterocycles. The van der Waals surface area contributed by atoms with E-state index in [1.807, 2.05) is 24.3 Å². The van der Waals surface area contributed by atoms with E-state index in [0.717, 1.165) is 24.1 Å². The van der Waals surface area contributed by atoms with E-state index >= 15 is 0 Å². The van der Waals surface area contributed by atoms with Crippen LogP contribution in [0.4, 0.5) is 5.69 Å². The highest BCUT2D eigenvalue weighted by Gasteiger charge is 2.38. The van der Waals surface area contributed by atoms with Gasteiger partial charge in [0.2, 0.25) is 5.91 Å². The van der Waals surface area contributed by atoms with Crippen LogP contribution in [0, 0.1) is 5.41 Å². The van der Waals surface area contributed by atoms with Crippen molar-refractivity contribution in [3.63, 3.8) is 0 Å². The lowest BCUT2D eigenvalue weighted by atomic mass is 9.79. The van der Waals surface area contributed by atoms with Crippen LogP contribution in [0.2, 0.25) is 0 Å². The van der Waals surface area contributed by atoms with E-state index in [1.165, 1.54) is 19.3 Å². The van der Waals surface area contributed by atoms with Gasteiger partial charge in [0.15, 0.2) is 0 Å². The zero-order chi connectivity index (χ0) is 17.5. The van der Waals surface area contributed by atoms with E-state index < -0.39 is 5.41 Å². The molecular weight excluding hydrogens is 352 g/mol. The molecule has 1 aliphatic heterocycles. The first kappa shape index (κ1) is 21.2. The van der Waals surface area contributed by atoms with Crippen LogP contribution in [0.5, 0.6) is 0 Å². The van der Waals surface area contributed by atoms with Crippen LogP contribution in [0.25, 0.3) is 0 Å². The minimum absolute atomic E-state index is 0. The number of hydrogen-bond donors (Lipinski definition) is 2. The number of nitrogens with one attached hydrogen (secondary N) is 1. The van der Waals surface area contributed by atoms with Gasteiger partial charge in [-0.3, -0.25) is 4.79 Å². The van der Waals surface area contributed by atoms with Crippen molar-refractivity contribution < 1.29 is 14.3 Å². The summed E-state index contributed by atoms with van der Waals surface area (Å²) >= 11 is 0. The number of anilines is 1. The number of nitrogens with two attached hydrogens (primary N) is 1. The summed E-state index contributed by atoms with van der Waals surface area (Å²) in [6.07, 6.45) is 7.94. The lowest BCUT2D eigenvalue weighted by Gasteiger charge is -2.34. The molecule has 1 aromatic rings. The second kappa shape index (κ2) is 10.3. The first-order chi connectivity index (χ1) is 12.2. The Morgan fingerprint density at radius 3 is 2.65 bits per heavy atom. The molecule has 0 aromatic heterocycles. The molecule has 0 radical (unpaired) electrons. The van der Waals surface area contributed by atoms with Crippen molar-refractivity contribution in [2.24, 2.45) is 11.1 Å². The number of carbonyl (C=O) groups excluding carboxylic acids is 1. The summed E-state index contributed by atoms with van der Waals surface area (Å²) in [6, 6.07) is 7.94. The van der Waals surface area contributed by atoms with Gasteiger partial charge in [0.25, 0.3) is 0 Å². The number of carbonyl (C=O) groups is 1. The van der Waals surface area contributed by atoms with Gasteiger partial charge in [-0.05, 0) is 43.4 Å². The van der Waals surface area contributed by atoms with Crippen molar-refractivity contribution in [3.05, 3.63) is 29.8 Å². The fourth-order valence-corrected chi connectivity index (χ4v) is 3.73. The molecule has 0 bridgehead atoms. The largest absolute Gasteiger partial charge is 0.381 e. The van der Waals surface area contributed by atoms with Crippen molar-refractivity contribution >= 4 is 24.0 Å². The molecule has 1 saturated heterocycles. The maximum absolute atomic E-state index is 12.8. The Labute approximate surface area is 162 Å². The summed E-state index contributed by atoms with van der Waals surface area (Å²) in [5.74, 6) is 0.00338. The number of rotatable bonds is 6. The maximum Gasteiger partial charge on any atom is 0.232 e. The van der Waals surface area contributed by atoms with Crippen LogP contribution in [-0.2, 0) is 20.9 Å². The average Bonchev–Trinajstić information content (AvgIpc) is 2.68. The van der Waals surface area contributed by atoms with E-state index in [2.05, 4.69) is 5.32 Å². The molecule has 2 fully saturated rings. The van der Waals surface area contributed by atoms with Gasteiger partial charge < -0.3 is 20.5 Å². The van der Waals surface area contributed by atoms with Crippen molar-refractivity contribution in [1.29, 1.82) is 0 Å². The second-order valence-corrected chi connectivity index (χ2v) is 7.32. The zero-order valence-corrected chi connectivity index (χ0v) is 16.2. The molecule has 3 rings (SSSR count). The molecule has 1 aromatic carbocycles. The van der Waals surface area contributed by atoms with Crippen molar-refractivity contribution in [1.82, 2.24) is 0 Å². The number of halogens is 1. The lowest BCUT2D eigenvalue weighted by Crippen LogP contribution is -2.46. The van der Waals surface area contributed by atoms with Crippen LogP contribution >= 0.6 is 12.4 Å². The summed E-state index contributed by atoms with van der Waals surface area (Å²) in [4.78, 5) is 12.8. The second-order valence-electron chi connectivity index (χ2n) is 7.32. The van der Waals surface area contributed by atoms with Gasteiger partial charge in [-0.2, -0.15) is 0 Å². The number of amides is 1. The third kappa shape index (κ3) is 5.43. The van der Waals surface area contributed by atoms with Crippen LogP contribution in [0.3, 0.4) is 0 Å². The highest BCUT2D eigenvalue weighted by Crippen LogP contribution is 2.31. The Morgan fingerprint density at radius 2 is 1.96 bits per heavy atom. The predicted molar refractivity (Wildman–Crippen MR) is 106 cm³/mol. The van der Waals surface area contributed by atoms with Gasteiger partial charge in [0.05, 0.1) is 18.1 Å². The monoisotopic (exact) mass is 382 g/mol. The zero-order valence-electron chi connectivity index (χ0n) is 15.4. The summed E-state index contributed by atoms with van der Waals surface area (Å²) in [7, 11) is 0. The third-order valence-electron chi connectivity index (χ3n) is 5.55. The third-order valence-corrected chi connectivity index (χ3v) is 5.55. The Balaban J connectivity index is 0.00000243. The lowest BCUT2D eigenvalue weighted by molar-refractivity contribution is -0.130. The van der Waals surface area contributed by atoms with E-state index in [9.17, 15) is 4.79 Å². The minimum atomic E-state index is -0.507. The summed E-state index contributed by atoms with van der Waals surface area (Å²) in [6.45, 7) is 2.15. The summed E-state index contributed by atoms with van der Waals surface area (Å²) in [5, 5.41) is 3.05. The van der Waals surface area contributed by atoms with E-state index in [0.29, 0.717) is 45.3 Å². The Kier molecular flexibility index (Phi) is 8.35. The van der Waals surface area contributed by atoms with Gasteiger partial charge >= 0.3 is 0 Å². The number of ether oxygens (including phenoxy) is 2. The quantitative estimate of drug-likeness (QED) is 0.787. The maximum atomic E-state index is 12.8.